The van der Waals surface area contributed by atoms with E-state index in [0.717, 1.165) is 44.9 Å². The van der Waals surface area contributed by atoms with Gasteiger partial charge in [0.1, 0.15) is 13.2 Å². The van der Waals surface area contributed by atoms with Gasteiger partial charge in [-0.3, -0.25) is 13.8 Å². The lowest BCUT2D eigenvalue weighted by molar-refractivity contribution is -0.870. The fourth-order valence-corrected chi connectivity index (χ4v) is 12.0. The van der Waals surface area contributed by atoms with Crippen molar-refractivity contribution in [2.24, 2.45) is 0 Å². The maximum Gasteiger partial charge on any atom is 0.472 e. The molecule has 0 fully saturated rings. The lowest BCUT2D eigenvalue weighted by Crippen LogP contribution is -2.45. The van der Waals surface area contributed by atoms with Gasteiger partial charge in [-0.15, -0.1) is 0 Å². The second-order valence-corrected chi connectivity index (χ2v) is 28.1. The molecule has 0 saturated carbocycles. The molecule has 0 rings (SSSR count). The minimum Gasteiger partial charge on any atom is -0.387 e. The van der Waals surface area contributed by atoms with Gasteiger partial charge in [-0.25, -0.2) is 4.57 Å². The first-order valence-corrected chi connectivity index (χ1v) is 38.5. The number of phosphoric ester groups is 1. The smallest absolute Gasteiger partial charge is 0.387 e. The monoisotopic (exact) mass is 1200 g/mol. The Labute approximate surface area is 524 Å². The molecule has 84 heavy (non-hydrogen) atoms. The summed E-state index contributed by atoms with van der Waals surface area (Å²) in [5.41, 5.74) is 0. The summed E-state index contributed by atoms with van der Waals surface area (Å²) >= 11 is 0. The maximum absolute atomic E-state index is 13.1. The fraction of sp³-hybridized carbons (Fsp3) is 0.880. The van der Waals surface area contributed by atoms with Gasteiger partial charge < -0.3 is 19.8 Å². The van der Waals surface area contributed by atoms with E-state index in [9.17, 15) is 19.4 Å². The minimum atomic E-state index is -4.37. The fourth-order valence-electron chi connectivity index (χ4n) is 11.3. The van der Waals surface area contributed by atoms with Crippen molar-refractivity contribution in [3.63, 3.8) is 0 Å². The third kappa shape index (κ3) is 68.0. The summed E-state index contributed by atoms with van der Waals surface area (Å²) < 4.78 is 23.8. The Morgan fingerprint density at radius 2 is 0.655 bits per heavy atom. The quantitative estimate of drug-likeness (QED) is 0.0243. The van der Waals surface area contributed by atoms with E-state index < -0.39 is 20.0 Å². The predicted octanol–water partition coefficient (Wildman–Crippen LogP) is 23.8. The van der Waals surface area contributed by atoms with Crippen LogP contribution >= 0.6 is 7.82 Å². The van der Waals surface area contributed by atoms with Crippen molar-refractivity contribution in [1.29, 1.82) is 0 Å². The molecule has 0 heterocycles. The van der Waals surface area contributed by atoms with Gasteiger partial charge >= 0.3 is 7.82 Å². The van der Waals surface area contributed by atoms with Crippen LogP contribution in [0.2, 0.25) is 0 Å². The van der Waals surface area contributed by atoms with Crippen LogP contribution in [0.3, 0.4) is 0 Å². The number of phosphoric acid groups is 1. The normalized spacial score (nSPS) is 13.8. The molecule has 0 spiro atoms. The third-order valence-corrected chi connectivity index (χ3v) is 18.0. The third-order valence-electron chi connectivity index (χ3n) is 17.0. The zero-order valence-corrected chi connectivity index (χ0v) is 57.8. The minimum absolute atomic E-state index is 0.0547. The SMILES string of the molecule is CCCCCCCCCC/C=C\CCCCCCCCCCCCCCCCCCCCCCCCCCCC(=O)NC(COP(=O)(O)OCC[N+](C)(C)C)C(O)/C=C/CC/C=C/CC/C=C/CCCCCCCCCCCCCCCCC. The summed E-state index contributed by atoms with van der Waals surface area (Å²) in [6.45, 7) is 4.84. The van der Waals surface area contributed by atoms with Gasteiger partial charge in [-0.2, -0.15) is 0 Å². The van der Waals surface area contributed by atoms with Crippen molar-refractivity contribution in [3.8, 4) is 0 Å². The number of nitrogens with one attached hydrogen (secondary N) is 1. The Morgan fingerprint density at radius 1 is 0.393 bits per heavy atom. The molecule has 3 N–H and O–H groups in total. The zero-order valence-electron chi connectivity index (χ0n) is 56.9. The Balaban J connectivity index is 4.01. The van der Waals surface area contributed by atoms with E-state index in [-0.39, 0.29) is 19.1 Å². The molecule has 0 aromatic heterocycles. The van der Waals surface area contributed by atoms with E-state index in [1.165, 1.54) is 308 Å². The van der Waals surface area contributed by atoms with Crippen LogP contribution in [0, 0.1) is 0 Å². The highest BCUT2D eigenvalue weighted by Gasteiger charge is 2.28. The molecule has 0 aliphatic carbocycles. The summed E-state index contributed by atoms with van der Waals surface area (Å²) in [5, 5.41) is 14.0. The molecule has 0 aromatic rings. The molecule has 0 aromatic carbocycles. The van der Waals surface area contributed by atoms with Gasteiger partial charge in [0.2, 0.25) is 5.91 Å². The van der Waals surface area contributed by atoms with Crippen LogP contribution in [0.5, 0.6) is 0 Å². The van der Waals surface area contributed by atoms with Crippen LogP contribution in [0.4, 0.5) is 0 Å². The average Bonchev–Trinajstić information content (AvgIpc) is 3.56. The molecule has 9 heteroatoms. The van der Waals surface area contributed by atoms with Crippen molar-refractivity contribution < 1.29 is 32.9 Å². The first-order valence-electron chi connectivity index (χ1n) is 37.0. The number of unbranched alkanes of at least 4 members (excludes halogenated alkanes) is 50. The first-order chi connectivity index (χ1) is 41.0. The van der Waals surface area contributed by atoms with Crippen molar-refractivity contribution in [3.05, 3.63) is 48.6 Å². The molecule has 0 aliphatic heterocycles. The van der Waals surface area contributed by atoms with E-state index in [0.29, 0.717) is 17.4 Å². The number of nitrogens with zero attached hydrogens (tertiary/aromatic N) is 1. The lowest BCUT2D eigenvalue weighted by Gasteiger charge is -2.25. The number of allylic oxidation sites excluding steroid dienone is 7. The Morgan fingerprint density at radius 3 is 0.952 bits per heavy atom. The highest BCUT2D eigenvalue weighted by Crippen LogP contribution is 2.43. The molecule has 8 nitrogen and oxygen atoms in total. The zero-order chi connectivity index (χ0) is 61.2. The molecule has 0 aliphatic rings. The summed E-state index contributed by atoms with van der Waals surface area (Å²) in [6, 6.07) is -0.871. The number of aliphatic hydroxyl groups is 1. The lowest BCUT2D eigenvalue weighted by atomic mass is 10.0. The molecular formula is C75H146N2O6P+. The highest BCUT2D eigenvalue weighted by atomic mass is 31.2. The van der Waals surface area contributed by atoms with Crippen molar-refractivity contribution in [2.45, 2.75) is 386 Å². The van der Waals surface area contributed by atoms with Gasteiger partial charge in [0.15, 0.2) is 0 Å². The van der Waals surface area contributed by atoms with Gasteiger partial charge in [0, 0.05) is 6.42 Å². The van der Waals surface area contributed by atoms with Crippen LogP contribution in [0.1, 0.15) is 373 Å². The molecule has 3 atom stereocenters. The Bertz CT molecular complexity index is 1510. The second-order valence-electron chi connectivity index (χ2n) is 26.7. The van der Waals surface area contributed by atoms with E-state index in [1.54, 1.807) is 6.08 Å². The molecule has 0 saturated heterocycles. The van der Waals surface area contributed by atoms with E-state index in [2.05, 4.69) is 55.6 Å². The molecule has 496 valence electrons. The Kier molecular flexibility index (Phi) is 64.7. The van der Waals surface area contributed by atoms with Crippen LogP contribution in [-0.2, 0) is 18.4 Å². The van der Waals surface area contributed by atoms with E-state index >= 15 is 0 Å². The number of quaternary nitrogens is 1. The molecular weight excluding hydrogens is 1060 g/mol. The summed E-state index contributed by atoms with van der Waals surface area (Å²) in [6.07, 6.45) is 90.1. The van der Waals surface area contributed by atoms with Crippen molar-refractivity contribution >= 4 is 13.7 Å². The van der Waals surface area contributed by atoms with E-state index in [1.807, 2.05) is 27.2 Å². The molecule has 1 amide bonds. The van der Waals surface area contributed by atoms with Crippen LogP contribution in [0.25, 0.3) is 0 Å². The molecule has 3 unspecified atom stereocenters. The highest BCUT2D eigenvalue weighted by molar-refractivity contribution is 7.47. The van der Waals surface area contributed by atoms with Gasteiger partial charge in [0.05, 0.1) is 39.9 Å². The Hall–Kier alpha value is -1.54. The van der Waals surface area contributed by atoms with Crippen LogP contribution in [0.15, 0.2) is 48.6 Å². The number of amides is 1. The van der Waals surface area contributed by atoms with Crippen LogP contribution < -0.4 is 5.32 Å². The number of aliphatic hydroxyl groups excluding tert-OH is 1. The number of carbonyl (C=O) groups excluding carboxylic acids is 1. The number of hydrogen-bond acceptors (Lipinski definition) is 5. The first kappa shape index (κ1) is 82.5. The van der Waals surface area contributed by atoms with Gasteiger partial charge in [0.25, 0.3) is 0 Å². The number of hydrogen-bond donors (Lipinski definition) is 3. The van der Waals surface area contributed by atoms with E-state index in [4.69, 9.17) is 9.05 Å². The largest absolute Gasteiger partial charge is 0.472 e. The molecule has 0 radical (unpaired) electrons. The number of carbonyl (C=O) groups is 1. The number of rotatable bonds is 69. The van der Waals surface area contributed by atoms with Crippen LogP contribution in [-0.4, -0.2) is 73.4 Å². The topological polar surface area (TPSA) is 105 Å². The van der Waals surface area contributed by atoms with Gasteiger partial charge in [-0.1, -0.05) is 345 Å². The van der Waals surface area contributed by atoms with Crippen molar-refractivity contribution in [1.82, 2.24) is 5.32 Å². The maximum atomic E-state index is 13.1. The van der Waals surface area contributed by atoms with Crippen molar-refractivity contribution in [2.75, 3.05) is 40.9 Å². The second kappa shape index (κ2) is 65.9. The number of likely N-dealkylation sites (N-methyl/N-ethyl adjacent to an activating group) is 1. The standard InChI is InChI=1S/C75H145N2O6P/c1-6-8-10-12-14-16-18-20-22-24-26-28-30-32-33-34-35-36-37-38-39-40-41-42-43-45-47-49-51-53-55-57-59-61-63-65-67-69-75(79)76-73(72-83-84(80,81)82-71-70-77(3,4)5)74(78)68-66-64-62-60-58-56-54-52-50-48-46-44-31-29-27-25-23-21-19-17-15-13-11-9-7-2/h24,26,50,52,58,60,66,68,73-74,78H,6-23,25,27-49,51,53-57,59,61-65,67,69-72H2,1-5H3,(H-,76,79,80,81)/p+1/b26-24-,52-50+,60-58+,68-66+. The summed E-state index contributed by atoms with van der Waals surface area (Å²) in [5.74, 6) is -0.184. The summed E-state index contributed by atoms with van der Waals surface area (Å²) in [4.78, 5) is 23.4. The predicted molar refractivity (Wildman–Crippen MR) is 369 cm³/mol. The molecule has 0 bridgehead atoms. The van der Waals surface area contributed by atoms with Gasteiger partial charge in [-0.05, 0) is 70.6 Å². The summed E-state index contributed by atoms with van der Waals surface area (Å²) in [7, 11) is 1.56. The average molecular weight is 1200 g/mol.